The normalized spacial score (nSPS) is 11.3. The third-order valence-electron chi connectivity index (χ3n) is 5.28. The van der Waals surface area contributed by atoms with Gasteiger partial charge >= 0.3 is 0 Å². The Labute approximate surface area is 206 Å². The first-order valence-electron chi connectivity index (χ1n) is 10.9. The van der Waals surface area contributed by atoms with Crippen LogP contribution >= 0.6 is 0 Å². The Kier molecular flexibility index (Phi) is 9.37. The molecule has 4 rings (SSSR count). The van der Waals surface area contributed by atoms with Gasteiger partial charge in [-0.1, -0.05) is 54.6 Å². The molecule has 4 aromatic rings. The van der Waals surface area contributed by atoms with Crippen LogP contribution < -0.4 is 10.0 Å². The van der Waals surface area contributed by atoms with Crippen molar-refractivity contribution < 1.29 is 18.9 Å². The quantitative estimate of drug-likeness (QED) is 0.372. The lowest BCUT2D eigenvalue weighted by Gasteiger charge is -2.14. The van der Waals surface area contributed by atoms with Gasteiger partial charge in [0.1, 0.15) is 16.8 Å². The van der Waals surface area contributed by atoms with E-state index >= 15 is 0 Å². The van der Waals surface area contributed by atoms with Crippen LogP contribution in [-0.2, 0) is 24.0 Å². The summed E-state index contributed by atoms with van der Waals surface area (Å²) in [6.07, 6.45) is 2.37. The molecule has 0 radical (unpaired) electrons. The number of nitrogens with zero attached hydrogens (tertiary/aromatic N) is 1. The van der Waals surface area contributed by atoms with Crippen molar-refractivity contribution in [2.24, 2.45) is 0 Å². The van der Waals surface area contributed by atoms with Crippen molar-refractivity contribution in [3.8, 4) is 11.1 Å². The summed E-state index contributed by atoms with van der Waals surface area (Å²) in [6, 6.07) is 26.5. The number of aromatic nitrogens is 1. The summed E-state index contributed by atoms with van der Waals surface area (Å²) < 4.78 is 29.0. The molecule has 180 valence electrons. The first-order chi connectivity index (χ1) is 16.6. The Morgan fingerprint density at radius 3 is 2.40 bits per heavy atom. The van der Waals surface area contributed by atoms with Crippen molar-refractivity contribution in [2.45, 2.75) is 17.9 Å². The molecule has 1 amide bonds. The van der Waals surface area contributed by atoms with Crippen molar-refractivity contribution in [1.82, 2.24) is 15.0 Å². The number of halogens is 1. The zero-order valence-corrected chi connectivity index (χ0v) is 19.7. The fourth-order valence-corrected chi connectivity index (χ4v) is 4.48. The Hall–Kier alpha value is -3.72. The van der Waals surface area contributed by atoms with Gasteiger partial charge in [-0.25, -0.2) is 13.3 Å². The Morgan fingerprint density at radius 1 is 0.886 bits per heavy atom. The number of pyridine rings is 1. The minimum absolute atomic E-state index is 0. The average Bonchev–Trinajstić information content (AvgIpc) is 2.88. The molecule has 0 fully saturated rings. The maximum absolute atomic E-state index is 13.5. The SMILES string of the molecule is O.O=C(NCCc1ccccn1)c1ccccc1-c1ccccc1CNS(=O)c1cccc(F)c1. The second kappa shape index (κ2) is 12.7. The summed E-state index contributed by atoms with van der Waals surface area (Å²) in [5.74, 6) is -0.603. The number of amides is 1. The Morgan fingerprint density at radius 2 is 1.63 bits per heavy atom. The van der Waals surface area contributed by atoms with E-state index in [1.165, 1.54) is 18.2 Å². The summed E-state index contributed by atoms with van der Waals surface area (Å²) >= 11 is 0. The highest BCUT2D eigenvalue weighted by atomic mass is 32.2. The number of rotatable bonds is 9. The third kappa shape index (κ3) is 6.89. The van der Waals surface area contributed by atoms with Gasteiger partial charge in [0.25, 0.3) is 5.91 Å². The Bertz CT molecular complexity index is 1300. The molecule has 1 heterocycles. The highest BCUT2D eigenvalue weighted by Crippen LogP contribution is 2.27. The van der Waals surface area contributed by atoms with E-state index in [9.17, 15) is 13.4 Å². The molecule has 0 saturated carbocycles. The molecule has 0 aliphatic carbocycles. The van der Waals surface area contributed by atoms with Gasteiger partial charge in [-0.15, -0.1) is 0 Å². The van der Waals surface area contributed by atoms with E-state index in [0.29, 0.717) is 23.4 Å². The lowest BCUT2D eigenvalue weighted by Crippen LogP contribution is -2.26. The topological polar surface area (TPSA) is 103 Å². The first-order valence-corrected chi connectivity index (χ1v) is 12.0. The van der Waals surface area contributed by atoms with Crippen LogP contribution in [-0.4, -0.2) is 27.1 Å². The standard InChI is InChI=1S/C27H24FN3O2S.H2O/c28-21-9-7-11-23(18-21)34(33)31-19-20-8-1-2-12-24(20)25-13-3-4-14-26(25)27(32)30-17-15-22-10-5-6-16-29-22;/h1-14,16,18,31H,15,17,19H2,(H,30,32);1H2. The molecule has 0 spiro atoms. The van der Waals surface area contributed by atoms with E-state index in [-0.39, 0.29) is 17.9 Å². The fraction of sp³-hybridized carbons (Fsp3) is 0.111. The fourth-order valence-electron chi connectivity index (χ4n) is 3.61. The summed E-state index contributed by atoms with van der Waals surface area (Å²) in [5.41, 5.74) is 4.00. The van der Waals surface area contributed by atoms with Crippen LogP contribution in [0.5, 0.6) is 0 Å². The van der Waals surface area contributed by atoms with E-state index in [2.05, 4.69) is 15.0 Å². The van der Waals surface area contributed by atoms with Crippen LogP contribution in [0, 0.1) is 5.82 Å². The zero-order valence-electron chi connectivity index (χ0n) is 18.9. The molecule has 0 bridgehead atoms. The second-order valence-electron chi connectivity index (χ2n) is 7.58. The molecule has 4 N–H and O–H groups in total. The van der Waals surface area contributed by atoms with E-state index in [1.54, 1.807) is 18.3 Å². The van der Waals surface area contributed by atoms with E-state index in [0.717, 1.165) is 22.4 Å². The number of hydrogen-bond acceptors (Lipinski definition) is 3. The van der Waals surface area contributed by atoms with Crippen LogP contribution in [0.2, 0.25) is 0 Å². The van der Waals surface area contributed by atoms with Crippen molar-refractivity contribution in [1.29, 1.82) is 0 Å². The van der Waals surface area contributed by atoms with E-state index in [4.69, 9.17) is 0 Å². The number of carbonyl (C=O) groups excluding carboxylic acids is 1. The highest BCUT2D eigenvalue weighted by Gasteiger charge is 2.15. The molecular formula is C27H26FN3O3S. The van der Waals surface area contributed by atoms with Gasteiger partial charge in [-0.3, -0.25) is 9.78 Å². The summed E-state index contributed by atoms with van der Waals surface area (Å²) in [4.78, 5) is 17.6. The molecule has 0 saturated heterocycles. The maximum atomic E-state index is 13.5. The van der Waals surface area contributed by atoms with Crippen LogP contribution in [0.15, 0.2) is 102 Å². The lowest BCUT2D eigenvalue weighted by atomic mass is 9.95. The zero-order chi connectivity index (χ0) is 23.8. The van der Waals surface area contributed by atoms with Crippen LogP contribution in [0.25, 0.3) is 11.1 Å². The van der Waals surface area contributed by atoms with Gasteiger partial charge in [0.2, 0.25) is 0 Å². The Balaban J connectivity index is 0.00000342. The van der Waals surface area contributed by atoms with Crippen molar-refractivity contribution in [3.63, 3.8) is 0 Å². The lowest BCUT2D eigenvalue weighted by molar-refractivity contribution is 0.0954. The number of benzene rings is 3. The molecule has 3 aromatic carbocycles. The molecule has 0 aliphatic rings. The molecule has 35 heavy (non-hydrogen) atoms. The molecule has 1 aromatic heterocycles. The molecular weight excluding hydrogens is 465 g/mol. The van der Waals surface area contributed by atoms with Crippen LogP contribution in [0.1, 0.15) is 21.6 Å². The minimum Gasteiger partial charge on any atom is -0.412 e. The summed E-state index contributed by atoms with van der Waals surface area (Å²) in [7, 11) is -1.57. The van der Waals surface area contributed by atoms with E-state index in [1.807, 2.05) is 60.7 Å². The molecule has 1 unspecified atom stereocenters. The summed E-state index contributed by atoms with van der Waals surface area (Å²) in [6.45, 7) is 0.759. The predicted octanol–water partition coefficient (Wildman–Crippen LogP) is 3.85. The molecule has 0 aliphatic heterocycles. The number of hydrogen-bond donors (Lipinski definition) is 2. The number of carbonyl (C=O) groups is 1. The van der Waals surface area contributed by atoms with Crippen LogP contribution in [0.3, 0.4) is 0 Å². The monoisotopic (exact) mass is 491 g/mol. The van der Waals surface area contributed by atoms with Crippen molar-refractivity contribution in [3.05, 3.63) is 120 Å². The number of nitrogens with one attached hydrogen (secondary N) is 2. The highest BCUT2D eigenvalue weighted by molar-refractivity contribution is 7.83. The smallest absolute Gasteiger partial charge is 0.251 e. The maximum Gasteiger partial charge on any atom is 0.251 e. The average molecular weight is 492 g/mol. The van der Waals surface area contributed by atoms with Gasteiger partial charge in [-0.05, 0) is 53.1 Å². The van der Waals surface area contributed by atoms with Gasteiger partial charge in [0, 0.05) is 37.0 Å². The van der Waals surface area contributed by atoms with Gasteiger partial charge in [0.05, 0.1) is 4.90 Å². The first kappa shape index (κ1) is 25.9. The molecule has 8 heteroatoms. The van der Waals surface area contributed by atoms with Crippen molar-refractivity contribution >= 4 is 16.9 Å². The minimum atomic E-state index is -1.57. The third-order valence-corrected chi connectivity index (χ3v) is 6.36. The van der Waals surface area contributed by atoms with Crippen LogP contribution in [0.4, 0.5) is 4.39 Å². The molecule has 6 nitrogen and oxygen atoms in total. The second-order valence-corrected chi connectivity index (χ2v) is 8.87. The predicted molar refractivity (Wildman–Crippen MR) is 135 cm³/mol. The molecule has 1 atom stereocenters. The van der Waals surface area contributed by atoms with Gasteiger partial charge in [0.15, 0.2) is 0 Å². The van der Waals surface area contributed by atoms with E-state index < -0.39 is 16.8 Å². The largest absolute Gasteiger partial charge is 0.412 e. The summed E-state index contributed by atoms with van der Waals surface area (Å²) in [5, 5.41) is 2.98. The van der Waals surface area contributed by atoms with Crippen molar-refractivity contribution in [2.75, 3.05) is 6.54 Å². The van der Waals surface area contributed by atoms with Gasteiger partial charge in [-0.2, -0.15) is 0 Å². The van der Waals surface area contributed by atoms with Gasteiger partial charge < -0.3 is 10.8 Å².